The molecule has 5 heterocycles. The molecule has 0 radical (unpaired) electrons. The Morgan fingerprint density at radius 3 is 2.18 bits per heavy atom. The van der Waals surface area contributed by atoms with Gasteiger partial charge < -0.3 is 47.1 Å². The van der Waals surface area contributed by atoms with Crippen molar-refractivity contribution in [3.63, 3.8) is 0 Å². The number of hydrogen-bond donors (Lipinski definition) is 0. The number of carbonyl (C=O) groups excluding carboxylic acids is 1. The van der Waals surface area contributed by atoms with E-state index in [9.17, 15) is 4.79 Å². The number of aryl methyl sites for hydroxylation is 1. The quantitative estimate of drug-likeness (QED) is 0.110. The second kappa shape index (κ2) is 20.5. The number of rotatable bonds is 17. The predicted molar refractivity (Wildman–Crippen MR) is 256 cm³/mol. The SMILES string of the molecule is CCc1ccc(CO[C@H]2C[C@]3(CC[C@@](C)([C@H]4CC[C@@](CC)([C@@H]5O[C@@H]([C@H]6O[C@](CO[Si](C)(C)C(C)(C)C)(OC)[C@H](C)C[C@@H]6C)C[C@@H]5C)O4)O3)O[C@H]([C@@H](C)[C@@H](OC)[C@H](C)C(=O)OC)[C@@H]2C)cc1. The van der Waals surface area contributed by atoms with E-state index in [-0.39, 0.29) is 71.3 Å². The van der Waals surface area contributed by atoms with Crippen LogP contribution in [0.1, 0.15) is 146 Å². The third kappa shape index (κ3) is 10.7. The van der Waals surface area contributed by atoms with Gasteiger partial charge in [0.05, 0.1) is 80.2 Å². The van der Waals surface area contributed by atoms with Gasteiger partial charge in [-0.25, -0.2) is 0 Å². The number of methoxy groups -OCH3 is 3. The first-order chi connectivity index (χ1) is 30.5. The topological polar surface area (TPSA) is 109 Å². The van der Waals surface area contributed by atoms with Crippen molar-refractivity contribution in [3.05, 3.63) is 35.4 Å². The molecule has 0 aliphatic carbocycles. The van der Waals surface area contributed by atoms with E-state index in [1.165, 1.54) is 12.7 Å². The van der Waals surface area contributed by atoms with Crippen molar-refractivity contribution in [2.24, 2.45) is 35.5 Å². The van der Waals surface area contributed by atoms with Crippen LogP contribution in [-0.2, 0) is 64.9 Å². The minimum atomic E-state index is -2.05. The fourth-order valence-corrected chi connectivity index (χ4v) is 13.1. The maximum atomic E-state index is 12.8. The van der Waals surface area contributed by atoms with Crippen LogP contribution in [0.5, 0.6) is 0 Å². The van der Waals surface area contributed by atoms with Gasteiger partial charge in [0.1, 0.15) is 0 Å². The van der Waals surface area contributed by atoms with E-state index in [2.05, 4.69) is 114 Å². The molecule has 372 valence electrons. The molecular formula is C53H90O11Si. The molecule has 0 aromatic heterocycles. The summed E-state index contributed by atoms with van der Waals surface area (Å²) in [6.07, 6.45) is 6.27. The number of hydrogen-bond acceptors (Lipinski definition) is 11. The molecule has 1 aromatic rings. The monoisotopic (exact) mass is 931 g/mol. The van der Waals surface area contributed by atoms with E-state index >= 15 is 0 Å². The highest BCUT2D eigenvalue weighted by molar-refractivity contribution is 6.74. The summed E-state index contributed by atoms with van der Waals surface area (Å²) >= 11 is 0. The van der Waals surface area contributed by atoms with Gasteiger partial charge in [0.2, 0.25) is 0 Å². The van der Waals surface area contributed by atoms with Crippen molar-refractivity contribution in [1.82, 2.24) is 0 Å². The summed E-state index contributed by atoms with van der Waals surface area (Å²) < 4.78 is 67.6. The number of benzene rings is 1. The fourth-order valence-electron chi connectivity index (χ4n) is 12.1. The maximum Gasteiger partial charge on any atom is 0.311 e. The molecule has 12 heteroatoms. The first-order valence-electron chi connectivity index (χ1n) is 25.3. The zero-order valence-corrected chi connectivity index (χ0v) is 44.6. The molecule has 5 aliphatic heterocycles. The van der Waals surface area contributed by atoms with Crippen molar-refractivity contribution < 1.29 is 51.9 Å². The van der Waals surface area contributed by atoms with Crippen molar-refractivity contribution in [2.45, 2.75) is 231 Å². The average Bonchev–Trinajstić information content (AvgIpc) is 3.99. The van der Waals surface area contributed by atoms with Crippen LogP contribution >= 0.6 is 0 Å². The van der Waals surface area contributed by atoms with Crippen molar-refractivity contribution in [1.29, 1.82) is 0 Å². The molecule has 5 fully saturated rings. The van der Waals surface area contributed by atoms with Gasteiger partial charge in [0, 0.05) is 44.8 Å². The largest absolute Gasteiger partial charge is 0.469 e. The van der Waals surface area contributed by atoms with Gasteiger partial charge in [0.25, 0.3) is 0 Å². The molecule has 1 aromatic carbocycles. The third-order valence-electron chi connectivity index (χ3n) is 17.6. The molecular weight excluding hydrogens is 841 g/mol. The summed E-state index contributed by atoms with van der Waals surface area (Å²) in [5.41, 5.74) is 1.40. The maximum absolute atomic E-state index is 12.8. The smallest absolute Gasteiger partial charge is 0.311 e. The van der Waals surface area contributed by atoms with E-state index in [1.54, 1.807) is 14.2 Å². The standard InChI is InChI=1S/C53H90O11Si/c1-18-39-20-22-40(23-21-39)31-58-42-30-52(62-46(36(42)6)37(7)45(55-13)38(8)48(54)56-14)27-26-50(12,64-52)43-24-25-51(19-2,61-43)47-34(4)29-41(60-47)44-33(3)28-35(5)53(57-15,63-44)32-59-65(16,17)49(9,10)11/h20-23,33-38,41-47H,18-19,24-32H2,1-17H3/t33-,34-,35+,36+,37-,38-,41+,42-,43+,44-,45+,46-,47+,50-,51-,52+,53-/m0/s1. The van der Waals surface area contributed by atoms with E-state index in [4.69, 9.17) is 47.1 Å². The molecule has 17 atom stereocenters. The Morgan fingerprint density at radius 1 is 0.908 bits per heavy atom. The lowest BCUT2D eigenvalue weighted by Crippen LogP contribution is -2.59. The molecule has 6 rings (SSSR count). The summed E-state index contributed by atoms with van der Waals surface area (Å²) in [7, 11) is 2.82. The van der Waals surface area contributed by atoms with Crippen LogP contribution in [0.2, 0.25) is 18.1 Å². The third-order valence-corrected chi connectivity index (χ3v) is 22.1. The highest BCUT2D eigenvalue weighted by Crippen LogP contribution is 2.55. The zero-order valence-electron chi connectivity index (χ0n) is 43.6. The Labute approximate surface area is 394 Å². The van der Waals surface area contributed by atoms with E-state index in [0.29, 0.717) is 32.0 Å². The number of carbonyl (C=O) groups is 1. The molecule has 0 saturated carbocycles. The first-order valence-corrected chi connectivity index (χ1v) is 28.2. The van der Waals surface area contributed by atoms with Crippen molar-refractivity contribution in [2.75, 3.05) is 27.9 Å². The van der Waals surface area contributed by atoms with Gasteiger partial charge in [-0.1, -0.05) is 93.5 Å². The van der Waals surface area contributed by atoms with Gasteiger partial charge in [-0.05, 0) is 99.9 Å². The van der Waals surface area contributed by atoms with Crippen LogP contribution in [0.25, 0.3) is 0 Å². The van der Waals surface area contributed by atoms with E-state index in [0.717, 1.165) is 50.5 Å². The minimum absolute atomic E-state index is 0.00532. The molecule has 0 N–H and O–H groups in total. The second-order valence-electron chi connectivity index (χ2n) is 23.0. The summed E-state index contributed by atoms with van der Waals surface area (Å²) in [5, 5.41) is 0.0826. The van der Waals surface area contributed by atoms with Gasteiger partial charge in [-0.2, -0.15) is 0 Å². The summed E-state index contributed by atoms with van der Waals surface area (Å²) in [4.78, 5) is 12.8. The lowest BCUT2D eigenvalue weighted by Gasteiger charge is -2.50. The van der Waals surface area contributed by atoms with E-state index < -0.39 is 43.1 Å². The van der Waals surface area contributed by atoms with Gasteiger partial charge in [0.15, 0.2) is 19.9 Å². The fraction of sp³-hybridized carbons (Fsp3) is 0.868. The molecule has 0 unspecified atom stereocenters. The summed E-state index contributed by atoms with van der Waals surface area (Å²) in [5.74, 6) is -1.90. The Hall–Kier alpha value is -1.45. The lowest BCUT2D eigenvalue weighted by atomic mass is 9.78. The van der Waals surface area contributed by atoms with Crippen LogP contribution in [0, 0.1) is 35.5 Å². The number of ether oxygens (including phenoxy) is 9. The molecule has 5 aliphatic rings. The molecule has 11 nitrogen and oxygen atoms in total. The van der Waals surface area contributed by atoms with Crippen LogP contribution in [0.4, 0.5) is 0 Å². The molecule has 0 bridgehead atoms. The van der Waals surface area contributed by atoms with Crippen molar-refractivity contribution >= 4 is 14.3 Å². The first kappa shape index (κ1) is 52.9. The Bertz CT molecular complexity index is 1720. The van der Waals surface area contributed by atoms with Crippen LogP contribution in [-0.4, -0.2) is 108 Å². The zero-order chi connectivity index (χ0) is 47.9. The normalized spacial score (nSPS) is 40.6. The molecule has 0 amide bonds. The molecule has 65 heavy (non-hydrogen) atoms. The predicted octanol–water partition coefficient (Wildman–Crippen LogP) is 10.8. The highest BCUT2D eigenvalue weighted by atomic mass is 28.4. The number of esters is 1. The Balaban J connectivity index is 1.19. The summed E-state index contributed by atoms with van der Waals surface area (Å²) in [6, 6.07) is 8.69. The highest BCUT2D eigenvalue weighted by Gasteiger charge is 2.63. The van der Waals surface area contributed by atoms with Gasteiger partial charge in [-0.3, -0.25) is 4.79 Å². The van der Waals surface area contributed by atoms with E-state index in [1.807, 2.05) is 6.92 Å². The Morgan fingerprint density at radius 2 is 1.58 bits per heavy atom. The second-order valence-corrected chi connectivity index (χ2v) is 27.8. The summed E-state index contributed by atoms with van der Waals surface area (Å²) in [6.45, 7) is 32.0. The van der Waals surface area contributed by atoms with Gasteiger partial charge >= 0.3 is 5.97 Å². The van der Waals surface area contributed by atoms with Crippen molar-refractivity contribution in [3.8, 4) is 0 Å². The molecule has 1 spiro atoms. The van der Waals surface area contributed by atoms with Crippen LogP contribution in [0.15, 0.2) is 24.3 Å². The average molecular weight is 931 g/mol. The van der Waals surface area contributed by atoms with Gasteiger partial charge in [-0.15, -0.1) is 0 Å². The van der Waals surface area contributed by atoms with Crippen LogP contribution < -0.4 is 0 Å². The Kier molecular flexibility index (Phi) is 16.7. The minimum Gasteiger partial charge on any atom is -0.469 e. The lowest BCUT2D eigenvalue weighted by molar-refractivity contribution is -0.340. The van der Waals surface area contributed by atoms with Crippen LogP contribution in [0.3, 0.4) is 0 Å². The molecule has 5 saturated heterocycles.